The molecule has 0 saturated heterocycles. The third-order valence-electron chi connectivity index (χ3n) is 6.57. The highest BCUT2D eigenvalue weighted by Crippen LogP contribution is 2.44. The molecule has 2 aliphatic heterocycles. The number of anilines is 2. The van der Waals surface area contributed by atoms with E-state index in [-0.39, 0.29) is 17.9 Å². The third-order valence-corrected chi connectivity index (χ3v) is 6.86. The maximum absolute atomic E-state index is 13.3. The van der Waals surface area contributed by atoms with Crippen LogP contribution in [0.3, 0.4) is 0 Å². The summed E-state index contributed by atoms with van der Waals surface area (Å²) in [5.41, 5.74) is 5.64. The van der Waals surface area contributed by atoms with Crippen molar-refractivity contribution in [3.05, 3.63) is 71.0 Å². The van der Waals surface area contributed by atoms with E-state index in [2.05, 4.69) is 26.7 Å². The van der Waals surface area contributed by atoms with Crippen molar-refractivity contribution in [2.45, 2.75) is 25.4 Å². The van der Waals surface area contributed by atoms with Gasteiger partial charge in [-0.25, -0.2) is 4.98 Å². The van der Waals surface area contributed by atoms with Crippen LogP contribution in [0.15, 0.2) is 54.7 Å². The number of aromatic nitrogens is 3. The molecular formula is C27H24ClN5O3. The van der Waals surface area contributed by atoms with Crippen LogP contribution < -0.4 is 20.1 Å². The van der Waals surface area contributed by atoms with Gasteiger partial charge in [-0.15, -0.1) is 0 Å². The number of carbonyl (C=O) groups is 1. The topological polar surface area (TPSA) is 101 Å². The first-order valence-electron chi connectivity index (χ1n) is 11.8. The lowest BCUT2D eigenvalue weighted by atomic mass is 9.93. The number of rotatable bonds is 3. The number of ether oxygens (including phenoxy) is 2. The minimum absolute atomic E-state index is 0.0610. The minimum atomic E-state index is -0.153. The molecule has 1 amide bonds. The molecule has 0 aliphatic carbocycles. The summed E-state index contributed by atoms with van der Waals surface area (Å²) < 4.78 is 11.6. The average Bonchev–Trinajstić information content (AvgIpc) is 3.25. The number of H-pyrrole nitrogens is 1. The molecule has 1 aromatic carbocycles. The van der Waals surface area contributed by atoms with Crippen LogP contribution in [0.25, 0.3) is 22.3 Å². The highest BCUT2D eigenvalue weighted by molar-refractivity contribution is 6.32. The van der Waals surface area contributed by atoms with Gasteiger partial charge in [0, 0.05) is 36.0 Å². The lowest BCUT2D eigenvalue weighted by molar-refractivity contribution is 0.0941. The molecule has 4 aromatic rings. The number of para-hydroxylation sites is 1. The Hall–Kier alpha value is -4.04. The number of aromatic amines is 1. The van der Waals surface area contributed by atoms with Crippen LogP contribution in [0, 0.1) is 0 Å². The summed E-state index contributed by atoms with van der Waals surface area (Å²) in [7, 11) is 1.57. The van der Waals surface area contributed by atoms with E-state index < -0.39 is 0 Å². The normalized spacial score (nSPS) is 19.5. The summed E-state index contributed by atoms with van der Waals surface area (Å²) in [5, 5.41) is 6.97. The molecule has 0 fully saturated rings. The van der Waals surface area contributed by atoms with Gasteiger partial charge in [0.25, 0.3) is 5.91 Å². The van der Waals surface area contributed by atoms with Gasteiger partial charge in [0.1, 0.15) is 11.6 Å². The molecule has 6 rings (SSSR count). The van der Waals surface area contributed by atoms with E-state index in [1.807, 2.05) is 43.3 Å². The second-order valence-corrected chi connectivity index (χ2v) is 9.29. The predicted octanol–water partition coefficient (Wildman–Crippen LogP) is 5.58. The van der Waals surface area contributed by atoms with E-state index in [0.29, 0.717) is 45.7 Å². The fourth-order valence-corrected chi connectivity index (χ4v) is 5.14. The largest absolute Gasteiger partial charge is 0.493 e. The Kier molecular flexibility index (Phi) is 5.53. The molecule has 4 bridgehead atoms. The molecule has 0 spiro atoms. The Morgan fingerprint density at radius 3 is 2.97 bits per heavy atom. The van der Waals surface area contributed by atoms with E-state index in [1.54, 1.807) is 19.4 Å². The molecule has 5 heterocycles. The first-order valence-corrected chi connectivity index (χ1v) is 12.1. The van der Waals surface area contributed by atoms with Gasteiger partial charge in [0.05, 0.1) is 40.3 Å². The number of methoxy groups -OCH3 is 1. The van der Waals surface area contributed by atoms with Crippen molar-refractivity contribution >= 4 is 39.9 Å². The van der Waals surface area contributed by atoms with Gasteiger partial charge in [0.15, 0.2) is 5.75 Å². The molecule has 3 N–H and O–H groups in total. The highest BCUT2D eigenvalue weighted by atomic mass is 35.5. The first kappa shape index (κ1) is 22.4. The fraction of sp³-hybridized carbons (Fsp3) is 0.222. The molecule has 2 atom stereocenters. The zero-order valence-corrected chi connectivity index (χ0v) is 20.5. The number of nitrogens with one attached hydrogen (secondary N) is 3. The molecule has 36 heavy (non-hydrogen) atoms. The average molecular weight is 502 g/mol. The van der Waals surface area contributed by atoms with Crippen LogP contribution in [0.2, 0.25) is 5.02 Å². The Bertz CT molecular complexity index is 1530. The Morgan fingerprint density at radius 2 is 2.11 bits per heavy atom. The van der Waals surface area contributed by atoms with Crippen molar-refractivity contribution in [2.24, 2.45) is 0 Å². The van der Waals surface area contributed by atoms with E-state index >= 15 is 0 Å². The van der Waals surface area contributed by atoms with Crippen molar-refractivity contribution in [1.82, 2.24) is 20.3 Å². The predicted molar refractivity (Wildman–Crippen MR) is 140 cm³/mol. The Morgan fingerprint density at radius 1 is 1.22 bits per heavy atom. The molecule has 8 nitrogen and oxygen atoms in total. The molecule has 182 valence electrons. The molecular weight excluding hydrogens is 478 g/mol. The van der Waals surface area contributed by atoms with Crippen molar-refractivity contribution in [1.29, 1.82) is 0 Å². The summed E-state index contributed by atoms with van der Waals surface area (Å²) in [5.74, 6) is 0.915. The number of halogens is 1. The van der Waals surface area contributed by atoms with Crippen LogP contribution in [0.5, 0.6) is 11.6 Å². The Labute approximate surface area is 212 Å². The Balaban J connectivity index is 1.64. The summed E-state index contributed by atoms with van der Waals surface area (Å²) >= 11 is 6.40. The summed E-state index contributed by atoms with van der Waals surface area (Å²) in [6, 6.07) is 11.1. The number of carbonyl (C=O) groups excluding carboxylic acids is 1. The highest BCUT2D eigenvalue weighted by Gasteiger charge is 2.33. The number of pyridine rings is 2. The number of nitrogens with zero attached hydrogens (tertiary/aromatic N) is 2. The second kappa shape index (κ2) is 8.87. The molecule has 0 unspecified atom stereocenters. The van der Waals surface area contributed by atoms with Crippen molar-refractivity contribution in [3.63, 3.8) is 0 Å². The van der Waals surface area contributed by atoms with Crippen molar-refractivity contribution in [3.8, 4) is 22.9 Å². The molecule has 0 radical (unpaired) electrons. The van der Waals surface area contributed by atoms with Crippen LogP contribution in [0.1, 0.15) is 35.3 Å². The summed E-state index contributed by atoms with van der Waals surface area (Å²) in [6.07, 6.45) is 6.43. The van der Waals surface area contributed by atoms with Crippen molar-refractivity contribution in [2.75, 3.05) is 19.0 Å². The van der Waals surface area contributed by atoms with Crippen LogP contribution in [0.4, 0.5) is 11.4 Å². The third kappa shape index (κ3) is 3.74. The number of amides is 1. The van der Waals surface area contributed by atoms with Crippen molar-refractivity contribution < 1.29 is 14.3 Å². The first-order chi connectivity index (χ1) is 17.5. The van der Waals surface area contributed by atoms with Crippen LogP contribution >= 0.6 is 11.6 Å². The zero-order chi connectivity index (χ0) is 24.8. The number of benzene rings is 1. The van der Waals surface area contributed by atoms with Gasteiger partial charge < -0.3 is 25.1 Å². The van der Waals surface area contributed by atoms with E-state index in [9.17, 15) is 4.79 Å². The van der Waals surface area contributed by atoms with Gasteiger partial charge in [-0.2, -0.15) is 0 Å². The quantitative estimate of drug-likeness (QED) is 0.316. The standard InChI is InChI=1S/C27H24ClN5O3/c1-14-5-3-6-15-13-30-27(34)21-22(15)33-24(25(21)31-19-8-4-7-17(28)26(19)35-2)16-11-12-29-18-9-10-20(36-14)32-23(16)18/h3-5,7-12,14-15,31,33H,6,13H2,1-2H3,(H,30,34)/b5-3+/t14-,15+/m1/s1. The van der Waals surface area contributed by atoms with Gasteiger partial charge in [-0.05, 0) is 43.7 Å². The summed E-state index contributed by atoms with van der Waals surface area (Å²) in [6.45, 7) is 2.51. The number of allylic oxidation sites excluding steroid dienone is 1. The number of fused-ring (bicyclic) bond motifs is 3. The van der Waals surface area contributed by atoms with E-state index in [1.165, 1.54) is 0 Å². The number of hydrogen-bond donors (Lipinski definition) is 3. The molecule has 9 heteroatoms. The maximum atomic E-state index is 13.3. The van der Waals surface area contributed by atoms with E-state index in [0.717, 1.165) is 28.9 Å². The molecule has 2 aliphatic rings. The molecule has 3 aromatic heterocycles. The van der Waals surface area contributed by atoms with Gasteiger partial charge >= 0.3 is 0 Å². The zero-order valence-electron chi connectivity index (χ0n) is 19.8. The monoisotopic (exact) mass is 501 g/mol. The minimum Gasteiger partial charge on any atom is -0.493 e. The van der Waals surface area contributed by atoms with Crippen LogP contribution in [-0.2, 0) is 0 Å². The SMILES string of the molecule is COc1c(Cl)cccc1Nc1c2[nH]c3c1C(=O)NC[C@@H]3C/C=C/[C@@H](C)Oc1ccc3nccc-2c3n1. The maximum Gasteiger partial charge on any atom is 0.255 e. The number of hydrogen-bond acceptors (Lipinski definition) is 6. The van der Waals surface area contributed by atoms with Gasteiger partial charge in [-0.1, -0.05) is 23.7 Å². The van der Waals surface area contributed by atoms with Gasteiger partial charge in [0.2, 0.25) is 5.88 Å². The fourth-order valence-electron chi connectivity index (χ4n) is 4.88. The van der Waals surface area contributed by atoms with Gasteiger partial charge in [-0.3, -0.25) is 9.78 Å². The lowest BCUT2D eigenvalue weighted by Crippen LogP contribution is -2.34. The molecule has 0 saturated carbocycles. The summed E-state index contributed by atoms with van der Waals surface area (Å²) in [4.78, 5) is 26.1. The van der Waals surface area contributed by atoms with E-state index in [4.69, 9.17) is 26.1 Å². The van der Waals surface area contributed by atoms with Crippen LogP contribution in [-0.4, -0.2) is 40.6 Å². The lowest BCUT2D eigenvalue weighted by Gasteiger charge is -2.23. The second-order valence-electron chi connectivity index (χ2n) is 8.88. The smallest absolute Gasteiger partial charge is 0.255 e.